The van der Waals surface area contributed by atoms with E-state index in [9.17, 15) is 15.0 Å². The molecule has 0 unspecified atom stereocenters. The molecule has 0 saturated carbocycles. The number of carboxylic acid groups (broad SMARTS) is 1. The van der Waals surface area contributed by atoms with Gasteiger partial charge in [-0.15, -0.1) is 0 Å². The van der Waals surface area contributed by atoms with E-state index in [0.29, 0.717) is 10.0 Å². The molecule has 0 radical (unpaired) electrons. The van der Waals surface area contributed by atoms with E-state index >= 15 is 0 Å². The van der Waals surface area contributed by atoms with Crippen molar-refractivity contribution in [2.24, 2.45) is 0 Å². The number of benzene rings is 1. The summed E-state index contributed by atoms with van der Waals surface area (Å²) in [4.78, 5) is 10.7. The maximum atomic E-state index is 10.7. The number of hydrogen-bond acceptors (Lipinski definition) is 3. The highest BCUT2D eigenvalue weighted by Crippen LogP contribution is 2.41. The quantitative estimate of drug-likeness (QED) is 0.747. The van der Waals surface area contributed by atoms with Crippen molar-refractivity contribution in [1.29, 1.82) is 0 Å². The summed E-state index contributed by atoms with van der Waals surface area (Å²) in [6.45, 7) is 3.39. The van der Waals surface area contributed by atoms with Gasteiger partial charge in [-0.05, 0) is 12.1 Å². The van der Waals surface area contributed by atoms with Crippen LogP contribution in [-0.4, -0.2) is 21.3 Å². The van der Waals surface area contributed by atoms with E-state index in [-0.39, 0.29) is 17.9 Å². The molecule has 1 aromatic rings. The third-order valence-electron chi connectivity index (χ3n) is 2.38. The maximum Gasteiger partial charge on any atom is 0.304 e. The lowest BCUT2D eigenvalue weighted by atomic mass is 9.81. The molecule has 1 rings (SSSR count). The van der Waals surface area contributed by atoms with Gasteiger partial charge in [0.2, 0.25) is 0 Å². The van der Waals surface area contributed by atoms with Crippen LogP contribution >= 0.6 is 15.9 Å². The number of halogens is 1. The van der Waals surface area contributed by atoms with Gasteiger partial charge >= 0.3 is 5.97 Å². The van der Waals surface area contributed by atoms with Gasteiger partial charge in [0, 0.05) is 15.5 Å². The molecule has 3 N–H and O–H groups in total. The van der Waals surface area contributed by atoms with Gasteiger partial charge < -0.3 is 15.3 Å². The van der Waals surface area contributed by atoms with Gasteiger partial charge in [0.15, 0.2) is 11.5 Å². The molecule has 0 bridgehead atoms. The van der Waals surface area contributed by atoms with Crippen molar-refractivity contribution in [3.8, 4) is 11.5 Å². The van der Waals surface area contributed by atoms with Crippen LogP contribution in [0, 0.1) is 0 Å². The van der Waals surface area contributed by atoms with Gasteiger partial charge in [-0.1, -0.05) is 29.8 Å². The number of hydrogen-bond donors (Lipinski definition) is 3. The zero-order valence-corrected chi connectivity index (χ0v) is 10.6. The predicted octanol–water partition coefficient (Wildman–Crippen LogP) is 2.61. The minimum Gasteiger partial charge on any atom is -0.504 e. The smallest absolute Gasteiger partial charge is 0.304 e. The fourth-order valence-corrected chi connectivity index (χ4v) is 2.02. The third-order valence-corrected chi connectivity index (χ3v) is 2.83. The van der Waals surface area contributed by atoms with Gasteiger partial charge in [0.1, 0.15) is 0 Å². The fourth-order valence-electron chi connectivity index (χ4n) is 1.57. The highest BCUT2D eigenvalue weighted by Gasteiger charge is 2.28. The van der Waals surface area contributed by atoms with E-state index in [1.165, 1.54) is 6.07 Å². The Hall–Kier alpha value is -1.23. The molecule has 5 heteroatoms. The van der Waals surface area contributed by atoms with Crippen LogP contribution in [-0.2, 0) is 10.2 Å². The van der Waals surface area contributed by atoms with Crippen molar-refractivity contribution in [2.45, 2.75) is 25.7 Å². The Labute approximate surface area is 102 Å². The van der Waals surface area contributed by atoms with Gasteiger partial charge in [-0.2, -0.15) is 0 Å². The second-order valence-electron chi connectivity index (χ2n) is 4.28. The third kappa shape index (κ3) is 2.66. The molecule has 0 aliphatic carbocycles. The highest BCUT2D eigenvalue weighted by molar-refractivity contribution is 9.10. The fraction of sp³-hybridized carbons (Fsp3) is 0.364. The van der Waals surface area contributed by atoms with E-state index in [1.54, 1.807) is 19.9 Å². The summed E-state index contributed by atoms with van der Waals surface area (Å²) in [5.74, 6) is -1.49. The van der Waals surface area contributed by atoms with Crippen molar-refractivity contribution >= 4 is 21.9 Å². The molecule has 88 valence electrons. The van der Waals surface area contributed by atoms with Crippen LogP contribution in [0.5, 0.6) is 11.5 Å². The van der Waals surface area contributed by atoms with Gasteiger partial charge in [0.25, 0.3) is 0 Å². The Bertz CT molecular complexity index is 426. The van der Waals surface area contributed by atoms with Crippen molar-refractivity contribution < 1.29 is 20.1 Å². The average Bonchev–Trinajstić information content (AvgIpc) is 2.08. The maximum absolute atomic E-state index is 10.7. The molecule has 4 nitrogen and oxygen atoms in total. The lowest BCUT2D eigenvalue weighted by Gasteiger charge is -2.24. The Kier molecular flexibility index (Phi) is 3.48. The summed E-state index contributed by atoms with van der Waals surface area (Å²) < 4.78 is 0.594. The van der Waals surface area contributed by atoms with Crippen molar-refractivity contribution in [2.75, 3.05) is 0 Å². The number of carboxylic acids is 1. The van der Waals surface area contributed by atoms with Gasteiger partial charge in [-0.25, -0.2) is 0 Å². The van der Waals surface area contributed by atoms with Crippen LogP contribution in [0.25, 0.3) is 0 Å². The number of aromatic hydroxyl groups is 2. The molecule has 0 heterocycles. The van der Waals surface area contributed by atoms with E-state index in [1.807, 2.05) is 0 Å². The topological polar surface area (TPSA) is 77.8 Å². The van der Waals surface area contributed by atoms with Crippen LogP contribution in [0.4, 0.5) is 0 Å². The molecule has 0 aromatic heterocycles. The first-order valence-electron chi connectivity index (χ1n) is 4.68. The summed E-state index contributed by atoms with van der Waals surface area (Å²) in [5.41, 5.74) is -0.348. The molecule has 0 amide bonds. The summed E-state index contributed by atoms with van der Waals surface area (Å²) >= 11 is 3.19. The molecular weight excluding hydrogens is 276 g/mol. The minimum absolute atomic E-state index is 0.129. The summed E-state index contributed by atoms with van der Waals surface area (Å²) in [5, 5.41) is 27.9. The molecule has 0 saturated heterocycles. The number of phenolic OH excluding ortho intramolecular Hbond substituents is 2. The average molecular weight is 289 g/mol. The summed E-state index contributed by atoms with van der Waals surface area (Å²) in [6, 6.07) is 2.97. The SMILES string of the molecule is CC(C)(CC(=O)O)c1cc(Br)cc(O)c1O. The lowest BCUT2D eigenvalue weighted by molar-refractivity contribution is -0.138. The molecule has 0 atom stereocenters. The molecule has 0 aliphatic rings. The Morgan fingerprint density at radius 3 is 2.44 bits per heavy atom. The molecule has 0 fully saturated rings. The van der Waals surface area contributed by atoms with Crippen LogP contribution in [0.2, 0.25) is 0 Å². The Morgan fingerprint density at radius 1 is 1.38 bits per heavy atom. The summed E-state index contributed by atoms with van der Waals surface area (Å²) in [7, 11) is 0. The monoisotopic (exact) mass is 288 g/mol. The number of carbonyl (C=O) groups is 1. The molecule has 0 spiro atoms. The number of aliphatic carboxylic acids is 1. The van der Waals surface area contributed by atoms with E-state index in [0.717, 1.165) is 0 Å². The first kappa shape index (κ1) is 12.8. The van der Waals surface area contributed by atoms with Gasteiger partial charge in [-0.3, -0.25) is 4.79 Å². The van der Waals surface area contributed by atoms with E-state index in [2.05, 4.69) is 15.9 Å². The Morgan fingerprint density at radius 2 is 1.94 bits per heavy atom. The van der Waals surface area contributed by atoms with E-state index < -0.39 is 11.4 Å². The minimum atomic E-state index is -0.955. The van der Waals surface area contributed by atoms with Gasteiger partial charge in [0.05, 0.1) is 6.42 Å². The Balaban J connectivity index is 3.26. The first-order valence-corrected chi connectivity index (χ1v) is 5.47. The first-order chi connectivity index (χ1) is 7.24. The molecule has 16 heavy (non-hydrogen) atoms. The van der Waals surface area contributed by atoms with Crippen LogP contribution in [0.3, 0.4) is 0 Å². The van der Waals surface area contributed by atoms with Crippen molar-refractivity contribution in [3.63, 3.8) is 0 Å². The normalized spacial score (nSPS) is 11.4. The zero-order valence-electron chi connectivity index (χ0n) is 8.99. The molecular formula is C11H13BrO4. The second-order valence-corrected chi connectivity index (χ2v) is 5.19. The summed E-state index contributed by atoms with van der Waals surface area (Å²) in [6.07, 6.45) is -0.129. The molecule has 1 aromatic carbocycles. The second kappa shape index (κ2) is 4.33. The van der Waals surface area contributed by atoms with Crippen LogP contribution < -0.4 is 0 Å². The predicted molar refractivity (Wildman–Crippen MR) is 62.8 cm³/mol. The van der Waals surface area contributed by atoms with Crippen LogP contribution in [0.1, 0.15) is 25.8 Å². The lowest BCUT2D eigenvalue weighted by Crippen LogP contribution is -2.21. The van der Waals surface area contributed by atoms with Crippen molar-refractivity contribution in [3.05, 3.63) is 22.2 Å². The standard InChI is InChI=1S/C11H13BrO4/c1-11(2,5-9(14)15)7-3-6(12)4-8(13)10(7)16/h3-4,13,16H,5H2,1-2H3,(H,14,15). The van der Waals surface area contributed by atoms with Crippen molar-refractivity contribution in [1.82, 2.24) is 0 Å². The number of rotatable bonds is 3. The zero-order chi connectivity index (χ0) is 12.5. The molecule has 0 aliphatic heterocycles. The van der Waals surface area contributed by atoms with Crippen LogP contribution in [0.15, 0.2) is 16.6 Å². The number of phenols is 2. The van der Waals surface area contributed by atoms with E-state index in [4.69, 9.17) is 5.11 Å². The largest absolute Gasteiger partial charge is 0.504 e. The highest BCUT2D eigenvalue weighted by atomic mass is 79.9.